The molecule has 15 heavy (non-hydrogen) atoms. The molecule has 0 N–H and O–H groups in total. The predicted molar refractivity (Wildman–Crippen MR) is 65.0 cm³/mol. The number of ether oxygens (including phenoxy) is 1. The molecule has 0 spiro atoms. The molecule has 0 heterocycles. The van der Waals surface area contributed by atoms with Crippen LogP contribution >= 0.6 is 27.5 Å². The van der Waals surface area contributed by atoms with E-state index in [-0.39, 0.29) is 5.78 Å². The number of Topliss-reactive ketones (excluding diaryl/α,β-unsaturated/α-hetero) is 1. The van der Waals surface area contributed by atoms with Crippen molar-refractivity contribution >= 4 is 33.3 Å². The molecule has 1 atom stereocenters. The van der Waals surface area contributed by atoms with Gasteiger partial charge < -0.3 is 4.74 Å². The van der Waals surface area contributed by atoms with Crippen LogP contribution in [0, 0.1) is 0 Å². The van der Waals surface area contributed by atoms with Crippen LogP contribution in [0.2, 0.25) is 0 Å². The maximum absolute atomic E-state index is 11.8. The predicted octanol–water partition coefficient (Wildman–Crippen LogP) is 3.66. The smallest absolute Gasteiger partial charge is 0.180 e. The topological polar surface area (TPSA) is 26.3 Å². The molecule has 0 aromatic heterocycles. The van der Waals surface area contributed by atoms with Crippen LogP contribution < -0.4 is 4.74 Å². The second kappa shape index (κ2) is 5.52. The van der Waals surface area contributed by atoms with Crippen LogP contribution in [0.15, 0.2) is 22.7 Å². The Morgan fingerprint density at radius 2 is 2.27 bits per heavy atom. The van der Waals surface area contributed by atoms with E-state index < -0.39 is 5.38 Å². The molecule has 0 saturated heterocycles. The molecule has 0 amide bonds. The number of carbonyl (C=O) groups is 1. The SMILES string of the molecule is CCC(Cl)C(=O)c1ccc(Br)c(OC)c1. The molecule has 2 nitrogen and oxygen atoms in total. The maximum Gasteiger partial charge on any atom is 0.180 e. The fourth-order valence-electron chi connectivity index (χ4n) is 1.18. The molecule has 1 rings (SSSR count). The third-order valence-electron chi connectivity index (χ3n) is 2.08. The van der Waals surface area contributed by atoms with E-state index in [1.54, 1.807) is 25.3 Å². The standard InChI is InChI=1S/C11H12BrClO2/c1-3-9(13)11(14)7-4-5-8(12)10(6-7)15-2/h4-6,9H,3H2,1-2H3. The highest BCUT2D eigenvalue weighted by atomic mass is 79.9. The lowest BCUT2D eigenvalue weighted by atomic mass is 10.1. The van der Waals surface area contributed by atoms with Gasteiger partial charge in [-0.1, -0.05) is 6.92 Å². The zero-order chi connectivity index (χ0) is 11.4. The molecule has 82 valence electrons. The molecule has 0 aliphatic rings. The number of alkyl halides is 1. The Hall–Kier alpha value is -0.540. The normalized spacial score (nSPS) is 12.3. The summed E-state index contributed by atoms with van der Waals surface area (Å²) in [5, 5.41) is -0.462. The van der Waals surface area contributed by atoms with Gasteiger partial charge in [-0.15, -0.1) is 11.6 Å². The van der Waals surface area contributed by atoms with Crippen molar-refractivity contribution in [3.8, 4) is 5.75 Å². The van der Waals surface area contributed by atoms with E-state index in [1.165, 1.54) is 0 Å². The zero-order valence-corrected chi connectivity index (χ0v) is 10.9. The average Bonchev–Trinajstić information content (AvgIpc) is 2.27. The third kappa shape index (κ3) is 2.95. The van der Waals surface area contributed by atoms with Gasteiger partial charge in [-0.05, 0) is 40.5 Å². The van der Waals surface area contributed by atoms with Crippen molar-refractivity contribution in [1.82, 2.24) is 0 Å². The molecular formula is C11H12BrClO2. The van der Waals surface area contributed by atoms with Gasteiger partial charge in [0.2, 0.25) is 0 Å². The molecule has 4 heteroatoms. The van der Waals surface area contributed by atoms with Crippen molar-refractivity contribution in [3.63, 3.8) is 0 Å². The largest absolute Gasteiger partial charge is 0.496 e. The molecule has 0 aliphatic heterocycles. The molecule has 1 unspecified atom stereocenters. The van der Waals surface area contributed by atoms with Crippen molar-refractivity contribution < 1.29 is 9.53 Å². The van der Waals surface area contributed by atoms with Crippen LogP contribution in [0.5, 0.6) is 5.75 Å². The van der Waals surface area contributed by atoms with Crippen LogP contribution in [0.3, 0.4) is 0 Å². The average molecular weight is 292 g/mol. The van der Waals surface area contributed by atoms with Crippen molar-refractivity contribution in [2.75, 3.05) is 7.11 Å². The van der Waals surface area contributed by atoms with Gasteiger partial charge in [0, 0.05) is 5.56 Å². The van der Waals surface area contributed by atoms with Gasteiger partial charge in [-0.3, -0.25) is 4.79 Å². The molecule has 1 aromatic rings. The van der Waals surface area contributed by atoms with Gasteiger partial charge in [0.15, 0.2) is 5.78 Å². The quantitative estimate of drug-likeness (QED) is 0.625. The second-order valence-corrected chi connectivity index (χ2v) is 4.47. The number of benzene rings is 1. The Labute approximate surface area is 103 Å². The summed E-state index contributed by atoms with van der Waals surface area (Å²) in [7, 11) is 1.56. The Kier molecular flexibility index (Phi) is 4.61. The fraction of sp³-hybridized carbons (Fsp3) is 0.364. The van der Waals surface area contributed by atoms with Crippen molar-refractivity contribution in [3.05, 3.63) is 28.2 Å². The van der Waals surface area contributed by atoms with Crippen LogP contribution in [-0.4, -0.2) is 18.3 Å². The Morgan fingerprint density at radius 1 is 1.60 bits per heavy atom. The van der Waals surface area contributed by atoms with E-state index in [1.807, 2.05) is 6.92 Å². The number of ketones is 1. The molecule has 0 aliphatic carbocycles. The lowest BCUT2D eigenvalue weighted by molar-refractivity contribution is 0.0985. The van der Waals surface area contributed by atoms with Crippen molar-refractivity contribution in [2.24, 2.45) is 0 Å². The van der Waals surface area contributed by atoms with E-state index >= 15 is 0 Å². The first kappa shape index (κ1) is 12.5. The first-order chi connectivity index (χ1) is 7.10. The van der Waals surface area contributed by atoms with Gasteiger partial charge in [0.25, 0.3) is 0 Å². The number of methoxy groups -OCH3 is 1. The number of halogens is 2. The molecule has 0 radical (unpaired) electrons. The van der Waals surface area contributed by atoms with E-state index in [0.717, 1.165) is 4.47 Å². The Morgan fingerprint density at radius 3 is 2.80 bits per heavy atom. The van der Waals surface area contributed by atoms with Crippen LogP contribution in [0.1, 0.15) is 23.7 Å². The summed E-state index contributed by atoms with van der Waals surface area (Å²) >= 11 is 9.21. The maximum atomic E-state index is 11.8. The highest BCUT2D eigenvalue weighted by molar-refractivity contribution is 9.10. The number of rotatable bonds is 4. The second-order valence-electron chi connectivity index (χ2n) is 3.09. The number of hydrogen-bond donors (Lipinski definition) is 0. The number of carbonyl (C=O) groups excluding carboxylic acids is 1. The summed E-state index contributed by atoms with van der Waals surface area (Å²) < 4.78 is 5.93. The monoisotopic (exact) mass is 290 g/mol. The zero-order valence-electron chi connectivity index (χ0n) is 8.59. The van der Waals surface area contributed by atoms with Crippen LogP contribution in [0.4, 0.5) is 0 Å². The van der Waals surface area contributed by atoms with Crippen LogP contribution in [0.25, 0.3) is 0 Å². The van der Waals surface area contributed by atoms with Gasteiger partial charge in [-0.25, -0.2) is 0 Å². The number of hydrogen-bond acceptors (Lipinski definition) is 2. The summed E-state index contributed by atoms with van der Waals surface area (Å²) in [6.45, 7) is 1.88. The lowest BCUT2D eigenvalue weighted by Gasteiger charge is -2.08. The van der Waals surface area contributed by atoms with Gasteiger partial charge >= 0.3 is 0 Å². The molecule has 0 fully saturated rings. The summed E-state index contributed by atoms with van der Waals surface area (Å²) in [6, 6.07) is 5.21. The minimum Gasteiger partial charge on any atom is -0.496 e. The van der Waals surface area contributed by atoms with Crippen molar-refractivity contribution in [2.45, 2.75) is 18.7 Å². The minimum absolute atomic E-state index is 0.0648. The van der Waals surface area contributed by atoms with E-state index in [2.05, 4.69) is 15.9 Å². The summed E-state index contributed by atoms with van der Waals surface area (Å²) in [5.41, 5.74) is 0.580. The van der Waals surface area contributed by atoms with E-state index in [9.17, 15) is 4.79 Å². The van der Waals surface area contributed by atoms with Gasteiger partial charge in [-0.2, -0.15) is 0 Å². The summed E-state index contributed by atoms with van der Waals surface area (Å²) in [4.78, 5) is 11.8. The summed E-state index contributed by atoms with van der Waals surface area (Å²) in [6.07, 6.45) is 0.624. The van der Waals surface area contributed by atoms with Crippen molar-refractivity contribution in [1.29, 1.82) is 0 Å². The molecule has 1 aromatic carbocycles. The minimum atomic E-state index is -0.462. The molecule has 0 bridgehead atoms. The highest BCUT2D eigenvalue weighted by Gasteiger charge is 2.16. The molecule has 0 saturated carbocycles. The van der Waals surface area contributed by atoms with E-state index in [0.29, 0.717) is 17.7 Å². The third-order valence-corrected chi connectivity index (χ3v) is 3.24. The van der Waals surface area contributed by atoms with Crippen LogP contribution in [-0.2, 0) is 0 Å². The summed E-state index contributed by atoms with van der Waals surface area (Å²) in [5.74, 6) is 0.575. The van der Waals surface area contributed by atoms with Gasteiger partial charge in [0.05, 0.1) is 17.0 Å². The highest BCUT2D eigenvalue weighted by Crippen LogP contribution is 2.26. The first-order valence-corrected chi connectivity index (χ1v) is 5.85. The van der Waals surface area contributed by atoms with E-state index in [4.69, 9.17) is 16.3 Å². The fourth-order valence-corrected chi connectivity index (χ4v) is 1.71. The Balaban J connectivity index is 3.01. The lowest BCUT2D eigenvalue weighted by Crippen LogP contribution is -2.13. The molecular weight excluding hydrogens is 279 g/mol. The first-order valence-electron chi connectivity index (χ1n) is 4.62. The Bertz CT molecular complexity index is 366. The van der Waals surface area contributed by atoms with Gasteiger partial charge in [0.1, 0.15) is 5.75 Å².